The molecule has 2 aromatic rings. The average Bonchev–Trinajstić information content (AvgIpc) is 2.50. The highest BCUT2D eigenvalue weighted by Gasteiger charge is 2.18. The summed E-state index contributed by atoms with van der Waals surface area (Å²) in [6.45, 7) is 0. The predicted molar refractivity (Wildman–Crippen MR) is 77.9 cm³/mol. The predicted octanol–water partition coefficient (Wildman–Crippen LogP) is 3.16. The summed E-state index contributed by atoms with van der Waals surface area (Å²) >= 11 is 0. The zero-order valence-electron chi connectivity index (χ0n) is 10.9. The highest BCUT2D eigenvalue weighted by molar-refractivity contribution is 7.91. The lowest BCUT2D eigenvalue weighted by Crippen LogP contribution is -2.10. The smallest absolute Gasteiger partial charge is 0.178 e. The fourth-order valence-electron chi connectivity index (χ4n) is 2.01. The summed E-state index contributed by atoms with van der Waals surface area (Å²) in [5.41, 5.74) is 0.860. The van der Waals surface area contributed by atoms with Crippen LogP contribution < -0.4 is 0 Å². The molecule has 0 heterocycles. The SMILES string of the molecule is N#CC(CCS(=O)(=O)c1ccccc1)c1ccccc1. The van der Waals surface area contributed by atoms with Crippen molar-refractivity contribution < 1.29 is 8.42 Å². The Hall–Kier alpha value is -2.12. The Morgan fingerprint density at radius 1 is 0.950 bits per heavy atom. The minimum absolute atomic E-state index is 0.0237. The largest absolute Gasteiger partial charge is 0.224 e. The van der Waals surface area contributed by atoms with Gasteiger partial charge < -0.3 is 0 Å². The van der Waals surface area contributed by atoms with E-state index in [4.69, 9.17) is 0 Å². The van der Waals surface area contributed by atoms with Crippen molar-refractivity contribution in [2.24, 2.45) is 0 Å². The molecule has 0 saturated carbocycles. The van der Waals surface area contributed by atoms with Crippen LogP contribution in [-0.4, -0.2) is 14.2 Å². The normalized spacial score (nSPS) is 12.6. The maximum Gasteiger partial charge on any atom is 0.178 e. The molecule has 20 heavy (non-hydrogen) atoms. The third kappa shape index (κ3) is 3.46. The van der Waals surface area contributed by atoms with E-state index in [9.17, 15) is 13.7 Å². The van der Waals surface area contributed by atoms with Crippen molar-refractivity contribution in [1.82, 2.24) is 0 Å². The van der Waals surface area contributed by atoms with Gasteiger partial charge in [0.1, 0.15) is 0 Å². The number of hydrogen-bond donors (Lipinski definition) is 0. The van der Waals surface area contributed by atoms with Gasteiger partial charge in [-0.25, -0.2) is 8.42 Å². The fourth-order valence-corrected chi connectivity index (χ4v) is 3.36. The van der Waals surface area contributed by atoms with Crippen LogP contribution in [0.3, 0.4) is 0 Å². The summed E-state index contributed by atoms with van der Waals surface area (Å²) in [6.07, 6.45) is 0.303. The highest BCUT2D eigenvalue weighted by Crippen LogP contribution is 2.21. The van der Waals surface area contributed by atoms with E-state index < -0.39 is 15.8 Å². The molecule has 0 aliphatic carbocycles. The minimum atomic E-state index is -3.32. The van der Waals surface area contributed by atoms with E-state index in [1.807, 2.05) is 30.3 Å². The van der Waals surface area contributed by atoms with Crippen LogP contribution in [0.5, 0.6) is 0 Å². The Bertz CT molecular complexity index is 688. The number of sulfone groups is 1. The quantitative estimate of drug-likeness (QED) is 0.848. The van der Waals surface area contributed by atoms with Crippen LogP contribution in [0.25, 0.3) is 0 Å². The van der Waals surface area contributed by atoms with Crippen LogP contribution in [0.4, 0.5) is 0 Å². The second kappa shape index (κ2) is 6.36. The first-order valence-corrected chi connectivity index (χ1v) is 8.01. The van der Waals surface area contributed by atoms with Gasteiger partial charge in [0, 0.05) is 0 Å². The van der Waals surface area contributed by atoms with E-state index in [1.165, 1.54) is 0 Å². The Morgan fingerprint density at radius 3 is 2.05 bits per heavy atom. The number of rotatable bonds is 5. The highest BCUT2D eigenvalue weighted by atomic mass is 32.2. The molecule has 2 rings (SSSR count). The van der Waals surface area contributed by atoms with Crippen LogP contribution in [-0.2, 0) is 9.84 Å². The molecule has 0 amide bonds. The van der Waals surface area contributed by atoms with Crippen molar-refractivity contribution in [3.63, 3.8) is 0 Å². The molecule has 1 unspecified atom stereocenters. The minimum Gasteiger partial charge on any atom is -0.224 e. The van der Waals surface area contributed by atoms with E-state index in [0.717, 1.165) is 5.56 Å². The van der Waals surface area contributed by atoms with E-state index in [2.05, 4.69) is 6.07 Å². The monoisotopic (exact) mass is 285 g/mol. The lowest BCUT2D eigenvalue weighted by Gasteiger charge is -2.09. The molecule has 0 aliphatic rings. The topological polar surface area (TPSA) is 57.9 Å². The standard InChI is InChI=1S/C16H15NO2S/c17-13-15(14-7-3-1-4-8-14)11-12-20(18,19)16-9-5-2-6-10-16/h1-10,15H,11-12H2. The van der Waals surface area contributed by atoms with Crippen molar-refractivity contribution in [2.45, 2.75) is 17.2 Å². The summed E-state index contributed by atoms with van der Waals surface area (Å²) in [4.78, 5) is 0.310. The summed E-state index contributed by atoms with van der Waals surface area (Å²) in [5.74, 6) is -0.417. The molecule has 4 heteroatoms. The second-order valence-electron chi connectivity index (χ2n) is 4.51. The lowest BCUT2D eigenvalue weighted by molar-refractivity contribution is 0.591. The van der Waals surface area contributed by atoms with Crippen LogP contribution >= 0.6 is 0 Å². The summed E-state index contributed by atoms with van der Waals surface area (Å²) in [5, 5.41) is 9.20. The van der Waals surface area contributed by atoms with Crippen LogP contribution in [0.1, 0.15) is 17.9 Å². The van der Waals surface area contributed by atoms with Crippen LogP contribution in [0.15, 0.2) is 65.6 Å². The number of nitrogens with zero attached hydrogens (tertiary/aromatic N) is 1. The van der Waals surface area contributed by atoms with Gasteiger partial charge in [0.25, 0.3) is 0 Å². The van der Waals surface area contributed by atoms with Crippen LogP contribution in [0, 0.1) is 11.3 Å². The lowest BCUT2D eigenvalue weighted by atomic mass is 9.98. The van der Waals surface area contributed by atoms with E-state index in [-0.39, 0.29) is 5.75 Å². The Morgan fingerprint density at radius 2 is 1.50 bits per heavy atom. The van der Waals surface area contributed by atoms with Gasteiger partial charge in [0.15, 0.2) is 9.84 Å². The van der Waals surface area contributed by atoms with Gasteiger partial charge in [-0.1, -0.05) is 48.5 Å². The molecular formula is C16H15NO2S. The molecule has 0 bridgehead atoms. The number of hydrogen-bond acceptors (Lipinski definition) is 3. The second-order valence-corrected chi connectivity index (χ2v) is 6.62. The summed E-state index contributed by atoms with van der Waals surface area (Å²) in [7, 11) is -3.32. The summed E-state index contributed by atoms with van der Waals surface area (Å²) in [6, 6.07) is 19.8. The van der Waals surface area contributed by atoms with E-state index in [1.54, 1.807) is 30.3 Å². The van der Waals surface area contributed by atoms with Gasteiger partial charge in [-0.05, 0) is 24.1 Å². The molecule has 3 nitrogen and oxygen atoms in total. The van der Waals surface area contributed by atoms with E-state index >= 15 is 0 Å². The third-order valence-electron chi connectivity index (χ3n) is 3.14. The Balaban J connectivity index is 2.10. The zero-order valence-corrected chi connectivity index (χ0v) is 11.8. The molecule has 0 N–H and O–H groups in total. The molecule has 0 aromatic heterocycles. The van der Waals surface area contributed by atoms with E-state index in [0.29, 0.717) is 11.3 Å². The van der Waals surface area contributed by atoms with Gasteiger partial charge in [-0.2, -0.15) is 5.26 Å². The number of benzene rings is 2. The van der Waals surface area contributed by atoms with Crippen molar-refractivity contribution in [1.29, 1.82) is 5.26 Å². The Kier molecular flexibility index (Phi) is 4.54. The molecule has 1 atom stereocenters. The van der Waals surface area contributed by atoms with Crippen molar-refractivity contribution in [3.8, 4) is 6.07 Å². The molecule has 0 aliphatic heterocycles. The maximum atomic E-state index is 12.2. The molecule has 0 saturated heterocycles. The molecular weight excluding hydrogens is 270 g/mol. The van der Waals surface area contributed by atoms with Gasteiger partial charge in [-0.3, -0.25) is 0 Å². The molecule has 0 radical (unpaired) electrons. The average molecular weight is 285 g/mol. The first-order chi connectivity index (χ1) is 9.63. The van der Waals surface area contributed by atoms with Gasteiger partial charge in [0.05, 0.1) is 22.6 Å². The van der Waals surface area contributed by atoms with Gasteiger partial charge >= 0.3 is 0 Å². The maximum absolute atomic E-state index is 12.2. The molecule has 0 spiro atoms. The first kappa shape index (κ1) is 14.3. The van der Waals surface area contributed by atoms with Crippen LogP contribution in [0.2, 0.25) is 0 Å². The molecule has 2 aromatic carbocycles. The first-order valence-electron chi connectivity index (χ1n) is 6.36. The Labute approximate surface area is 119 Å². The van der Waals surface area contributed by atoms with Crippen molar-refractivity contribution >= 4 is 9.84 Å². The number of nitriles is 1. The zero-order chi connectivity index (χ0) is 14.4. The fraction of sp³-hybridized carbons (Fsp3) is 0.188. The molecule has 0 fully saturated rings. The van der Waals surface area contributed by atoms with Gasteiger partial charge in [-0.15, -0.1) is 0 Å². The third-order valence-corrected chi connectivity index (χ3v) is 4.90. The molecule has 102 valence electrons. The van der Waals surface area contributed by atoms with Gasteiger partial charge in [0.2, 0.25) is 0 Å². The van der Waals surface area contributed by atoms with Crippen molar-refractivity contribution in [3.05, 3.63) is 66.2 Å². The summed E-state index contributed by atoms with van der Waals surface area (Å²) < 4.78 is 24.3. The van der Waals surface area contributed by atoms with Crippen molar-refractivity contribution in [2.75, 3.05) is 5.75 Å².